The van der Waals surface area contributed by atoms with Gasteiger partial charge in [0, 0.05) is 39.5 Å². The molecular formula is C17H21BrN2S. The van der Waals surface area contributed by atoms with E-state index < -0.39 is 0 Å². The van der Waals surface area contributed by atoms with Crippen LogP contribution in [-0.4, -0.2) is 12.6 Å². The third-order valence-electron chi connectivity index (χ3n) is 3.96. The van der Waals surface area contributed by atoms with Crippen LogP contribution in [0.5, 0.6) is 0 Å². The molecule has 0 bridgehead atoms. The van der Waals surface area contributed by atoms with Crippen molar-refractivity contribution < 1.29 is 0 Å². The average Bonchev–Trinajstić information content (AvgIpc) is 2.81. The fourth-order valence-electron chi connectivity index (χ4n) is 2.97. The number of thiophene rings is 1. The first-order valence-corrected chi connectivity index (χ1v) is 9.22. The van der Waals surface area contributed by atoms with E-state index in [0.29, 0.717) is 6.04 Å². The van der Waals surface area contributed by atoms with Crippen molar-refractivity contribution in [2.75, 3.05) is 11.4 Å². The minimum absolute atomic E-state index is 0.575. The van der Waals surface area contributed by atoms with E-state index in [2.05, 4.69) is 68.8 Å². The predicted molar refractivity (Wildman–Crippen MR) is 95.0 cm³/mol. The van der Waals surface area contributed by atoms with Crippen LogP contribution >= 0.6 is 27.3 Å². The van der Waals surface area contributed by atoms with Crippen LogP contribution in [0.3, 0.4) is 0 Å². The lowest BCUT2D eigenvalue weighted by Crippen LogP contribution is -2.37. The molecule has 0 saturated carbocycles. The van der Waals surface area contributed by atoms with Crippen molar-refractivity contribution in [3.8, 4) is 0 Å². The van der Waals surface area contributed by atoms with Gasteiger partial charge in [0.05, 0.1) is 6.54 Å². The summed E-state index contributed by atoms with van der Waals surface area (Å²) < 4.78 is 1.19. The minimum Gasteiger partial charge on any atom is -0.365 e. The number of fused-ring (bicyclic) bond motifs is 1. The van der Waals surface area contributed by atoms with Gasteiger partial charge in [-0.1, -0.05) is 31.5 Å². The van der Waals surface area contributed by atoms with Gasteiger partial charge in [0.25, 0.3) is 0 Å². The monoisotopic (exact) mass is 364 g/mol. The molecule has 4 heteroatoms. The zero-order valence-corrected chi connectivity index (χ0v) is 14.7. The second kappa shape index (κ2) is 6.95. The highest BCUT2D eigenvalue weighted by Crippen LogP contribution is 2.28. The Morgan fingerprint density at radius 3 is 3.00 bits per heavy atom. The Morgan fingerprint density at radius 1 is 1.38 bits per heavy atom. The standard InChI is InChI=1S/C17H21BrN2S/c1-2-5-15-10-20(11-16-8-14(18)12-21-16)17-7-4-3-6-13(17)9-19-15/h3-4,6-8,12,15,19H,2,5,9-11H2,1H3. The molecule has 1 aliphatic rings. The van der Waals surface area contributed by atoms with Gasteiger partial charge in [-0.2, -0.15) is 0 Å². The highest BCUT2D eigenvalue weighted by molar-refractivity contribution is 9.10. The van der Waals surface area contributed by atoms with Gasteiger partial charge in [0.15, 0.2) is 0 Å². The Bertz CT molecular complexity index is 596. The second-order valence-electron chi connectivity index (χ2n) is 5.61. The molecule has 21 heavy (non-hydrogen) atoms. The average molecular weight is 365 g/mol. The second-order valence-corrected chi connectivity index (χ2v) is 7.52. The van der Waals surface area contributed by atoms with E-state index in [4.69, 9.17) is 0 Å². The summed E-state index contributed by atoms with van der Waals surface area (Å²) in [5.41, 5.74) is 2.79. The number of anilines is 1. The number of halogens is 1. The molecule has 2 aromatic rings. The molecule has 0 radical (unpaired) electrons. The number of nitrogens with zero attached hydrogens (tertiary/aromatic N) is 1. The first-order valence-electron chi connectivity index (χ1n) is 7.55. The van der Waals surface area contributed by atoms with Crippen LogP contribution < -0.4 is 10.2 Å². The highest BCUT2D eigenvalue weighted by Gasteiger charge is 2.21. The van der Waals surface area contributed by atoms with E-state index in [9.17, 15) is 0 Å². The van der Waals surface area contributed by atoms with E-state index in [0.717, 1.165) is 19.6 Å². The van der Waals surface area contributed by atoms with Crippen LogP contribution in [0, 0.1) is 0 Å². The highest BCUT2D eigenvalue weighted by atomic mass is 79.9. The van der Waals surface area contributed by atoms with Crippen molar-refractivity contribution in [2.24, 2.45) is 0 Å². The van der Waals surface area contributed by atoms with E-state index in [1.165, 1.54) is 33.4 Å². The summed E-state index contributed by atoms with van der Waals surface area (Å²) in [7, 11) is 0. The Labute approximate surface area is 139 Å². The quantitative estimate of drug-likeness (QED) is 0.838. The van der Waals surface area contributed by atoms with Gasteiger partial charge in [-0.15, -0.1) is 11.3 Å². The summed E-state index contributed by atoms with van der Waals surface area (Å²) >= 11 is 5.39. The van der Waals surface area contributed by atoms with Gasteiger partial charge in [0.1, 0.15) is 0 Å². The lowest BCUT2D eigenvalue weighted by molar-refractivity contribution is 0.480. The maximum atomic E-state index is 3.71. The normalized spacial score (nSPS) is 18.4. The third-order valence-corrected chi connectivity index (χ3v) is 5.64. The van der Waals surface area contributed by atoms with Crippen molar-refractivity contribution in [3.05, 3.63) is 50.6 Å². The van der Waals surface area contributed by atoms with Crippen molar-refractivity contribution in [2.45, 2.75) is 38.9 Å². The molecule has 1 aliphatic heterocycles. The summed E-state index contributed by atoms with van der Waals surface area (Å²) in [4.78, 5) is 3.95. The molecule has 0 spiro atoms. The molecular weight excluding hydrogens is 344 g/mol. The molecule has 1 N–H and O–H groups in total. The van der Waals surface area contributed by atoms with Gasteiger partial charge in [-0.25, -0.2) is 0 Å². The summed E-state index contributed by atoms with van der Waals surface area (Å²) in [5, 5.41) is 5.88. The van der Waals surface area contributed by atoms with Crippen molar-refractivity contribution in [1.82, 2.24) is 5.32 Å². The number of nitrogens with one attached hydrogen (secondary N) is 1. The van der Waals surface area contributed by atoms with Crippen LogP contribution in [-0.2, 0) is 13.1 Å². The van der Waals surface area contributed by atoms with Crippen LogP contribution in [0.1, 0.15) is 30.2 Å². The maximum Gasteiger partial charge on any atom is 0.0524 e. The molecule has 0 saturated heterocycles. The van der Waals surface area contributed by atoms with Crippen LogP contribution in [0.15, 0.2) is 40.2 Å². The lowest BCUT2D eigenvalue weighted by atomic mass is 10.1. The van der Waals surface area contributed by atoms with Crippen molar-refractivity contribution in [3.63, 3.8) is 0 Å². The first kappa shape index (κ1) is 15.1. The maximum absolute atomic E-state index is 3.71. The molecule has 1 atom stereocenters. The van der Waals surface area contributed by atoms with Gasteiger partial charge < -0.3 is 10.2 Å². The largest absolute Gasteiger partial charge is 0.365 e. The topological polar surface area (TPSA) is 15.3 Å². The first-order chi connectivity index (χ1) is 10.3. The zero-order chi connectivity index (χ0) is 14.7. The van der Waals surface area contributed by atoms with E-state index >= 15 is 0 Å². The number of hydrogen-bond acceptors (Lipinski definition) is 3. The predicted octanol–water partition coefficient (Wildman–Crippen LogP) is 4.79. The fraction of sp³-hybridized carbons (Fsp3) is 0.412. The van der Waals surface area contributed by atoms with Crippen molar-refractivity contribution >= 4 is 33.0 Å². The molecule has 112 valence electrons. The molecule has 0 aliphatic carbocycles. The molecule has 2 nitrogen and oxygen atoms in total. The SMILES string of the molecule is CCCC1CN(Cc2cc(Br)cs2)c2ccccc2CN1. The van der Waals surface area contributed by atoms with E-state index in [-0.39, 0.29) is 0 Å². The Hall–Kier alpha value is -0.840. The summed E-state index contributed by atoms with van der Waals surface area (Å²) in [6.07, 6.45) is 2.46. The fourth-order valence-corrected chi connectivity index (χ4v) is 4.43. The Kier molecular flexibility index (Phi) is 4.99. The van der Waals surface area contributed by atoms with Crippen LogP contribution in [0.2, 0.25) is 0 Å². The molecule has 0 fully saturated rings. The van der Waals surface area contributed by atoms with E-state index in [1.54, 1.807) is 0 Å². The zero-order valence-electron chi connectivity index (χ0n) is 12.3. The summed E-state index contributed by atoms with van der Waals surface area (Å²) in [6, 6.07) is 11.6. The number of rotatable bonds is 4. The summed E-state index contributed by atoms with van der Waals surface area (Å²) in [6.45, 7) is 5.32. The Morgan fingerprint density at radius 2 is 2.24 bits per heavy atom. The Balaban J connectivity index is 1.86. The smallest absolute Gasteiger partial charge is 0.0524 e. The molecule has 1 unspecified atom stereocenters. The van der Waals surface area contributed by atoms with Gasteiger partial charge >= 0.3 is 0 Å². The van der Waals surface area contributed by atoms with Crippen molar-refractivity contribution in [1.29, 1.82) is 0 Å². The molecule has 1 aromatic carbocycles. The van der Waals surface area contributed by atoms with Crippen LogP contribution in [0.25, 0.3) is 0 Å². The third kappa shape index (κ3) is 3.68. The molecule has 3 rings (SSSR count). The number of hydrogen-bond donors (Lipinski definition) is 1. The van der Waals surface area contributed by atoms with Crippen LogP contribution in [0.4, 0.5) is 5.69 Å². The summed E-state index contributed by atoms with van der Waals surface area (Å²) in [5.74, 6) is 0. The number of para-hydroxylation sites is 1. The van der Waals surface area contributed by atoms with Gasteiger partial charge in [0.2, 0.25) is 0 Å². The molecule has 2 heterocycles. The molecule has 1 aromatic heterocycles. The van der Waals surface area contributed by atoms with Gasteiger partial charge in [-0.05, 0) is 40.0 Å². The molecule has 0 amide bonds. The lowest BCUT2D eigenvalue weighted by Gasteiger charge is -2.27. The van der Waals surface area contributed by atoms with E-state index in [1.807, 2.05) is 11.3 Å². The number of benzene rings is 1. The van der Waals surface area contributed by atoms with Gasteiger partial charge in [-0.3, -0.25) is 0 Å². The minimum atomic E-state index is 0.575.